The lowest BCUT2D eigenvalue weighted by molar-refractivity contribution is -0.135. The summed E-state index contributed by atoms with van der Waals surface area (Å²) in [6.07, 6.45) is 3.37. The lowest BCUT2D eigenvalue weighted by Crippen LogP contribution is -2.37. The third-order valence-corrected chi connectivity index (χ3v) is 4.70. The highest BCUT2D eigenvalue weighted by molar-refractivity contribution is 5.85. The molecule has 0 aromatic rings. The van der Waals surface area contributed by atoms with Crippen molar-refractivity contribution in [1.82, 2.24) is 4.90 Å². The van der Waals surface area contributed by atoms with Gasteiger partial charge in [0.05, 0.1) is 0 Å². The molecule has 1 saturated heterocycles. The van der Waals surface area contributed by atoms with Gasteiger partial charge in [0.2, 0.25) is 5.91 Å². The molecule has 15 heavy (non-hydrogen) atoms. The molecule has 1 atom stereocenters. The van der Waals surface area contributed by atoms with Gasteiger partial charge in [0, 0.05) is 18.5 Å². The number of carbonyl (C=O) groups is 1. The van der Waals surface area contributed by atoms with E-state index in [1.807, 2.05) is 0 Å². The Morgan fingerprint density at radius 2 is 1.80 bits per heavy atom. The van der Waals surface area contributed by atoms with Crippen LogP contribution in [0.2, 0.25) is 0 Å². The van der Waals surface area contributed by atoms with Crippen molar-refractivity contribution in [3.05, 3.63) is 0 Å². The molecule has 0 N–H and O–H groups in total. The van der Waals surface area contributed by atoms with Crippen LogP contribution in [0.15, 0.2) is 0 Å². The SMILES string of the molecule is CC(C)[C@]1(C)CCN(C(=O)C2(C)CC2)C1. The van der Waals surface area contributed by atoms with Crippen LogP contribution in [0.1, 0.15) is 47.0 Å². The van der Waals surface area contributed by atoms with E-state index in [0.717, 1.165) is 25.9 Å². The molecule has 1 amide bonds. The third-order valence-electron chi connectivity index (χ3n) is 4.70. The van der Waals surface area contributed by atoms with Crippen molar-refractivity contribution in [3.63, 3.8) is 0 Å². The number of nitrogens with zero attached hydrogens (tertiary/aromatic N) is 1. The molecule has 2 heteroatoms. The Bertz CT molecular complexity index is 280. The minimum absolute atomic E-state index is 0.0161. The standard InChI is InChI=1S/C13H23NO/c1-10(2)13(4)7-8-14(9-13)11(15)12(3)5-6-12/h10H,5-9H2,1-4H3/t13-/m1/s1. The highest BCUT2D eigenvalue weighted by Gasteiger charge is 2.50. The normalized spacial score (nSPS) is 33.5. The third kappa shape index (κ3) is 1.79. The maximum absolute atomic E-state index is 12.2. The van der Waals surface area contributed by atoms with Crippen molar-refractivity contribution in [3.8, 4) is 0 Å². The van der Waals surface area contributed by atoms with Crippen LogP contribution in [0, 0.1) is 16.7 Å². The van der Waals surface area contributed by atoms with Gasteiger partial charge in [-0.15, -0.1) is 0 Å². The summed E-state index contributed by atoms with van der Waals surface area (Å²) in [4.78, 5) is 14.3. The molecular formula is C13H23NO. The van der Waals surface area contributed by atoms with Gasteiger partial charge in [-0.25, -0.2) is 0 Å². The number of rotatable bonds is 2. The van der Waals surface area contributed by atoms with Crippen LogP contribution in [0.4, 0.5) is 0 Å². The van der Waals surface area contributed by atoms with E-state index in [1.165, 1.54) is 6.42 Å². The maximum atomic E-state index is 12.2. The predicted molar refractivity (Wildman–Crippen MR) is 61.5 cm³/mol. The van der Waals surface area contributed by atoms with Crippen LogP contribution >= 0.6 is 0 Å². The molecular weight excluding hydrogens is 186 g/mol. The summed E-state index contributed by atoms with van der Waals surface area (Å²) in [6, 6.07) is 0. The van der Waals surface area contributed by atoms with E-state index in [0.29, 0.717) is 17.2 Å². The molecule has 0 unspecified atom stereocenters. The summed E-state index contributed by atoms with van der Waals surface area (Å²) >= 11 is 0. The average molecular weight is 209 g/mol. The van der Waals surface area contributed by atoms with Gasteiger partial charge < -0.3 is 4.90 Å². The van der Waals surface area contributed by atoms with E-state index >= 15 is 0 Å². The summed E-state index contributed by atoms with van der Waals surface area (Å²) in [7, 11) is 0. The molecule has 0 aromatic heterocycles. The van der Waals surface area contributed by atoms with Gasteiger partial charge in [-0.1, -0.05) is 27.7 Å². The van der Waals surface area contributed by atoms with Crippen LogP contribution in [-0.4, -0.2) is 23.9 Å². The summed E-state index contributed by atoms with van der Waals surface area (Å²) in [5, 5.41) is 0. The molecule has 0 aromatic carbocycles. The van der Waals surface area contributed by atoms with Crippen molar-refractivity contribution < 1.29 is 4.79 Å². The lowest BCUT2D eigenvalue weighted by Gasteiger charge is -2.29. The van der Waals surface area contributed by atoms with Crippen LogP contribution in [0.25, 0.3) is 0 Å². The molecule has 86 valence electrons. The minimum atomic E-state index is 0.0161. The van der Waals surface area contributed by atoms with Crippen LogP contribution in [0.3, 0.4) is 0 Å². The van der Waals surface area contributed by atoms with Gasteiger partial charge in [0.1, 0.15) is 0 Å². The number of hydrogen-bond donors (Lipinski definition) is 0. The van der Waals surface area contributed by atoms with Gasteiger partial charge in [-0.2, -0.15) is 0 Å². The topological polar surface area (TPSA) is 20.3 Å². The second kappa shape index (κ2) is 3.23. The molecule has 2 nitrogen and oxygen atoms in total. The molecule has 0 spiro atoms. The summed E-state index contributed by atoms with van der Waals surface area (Å²) in [5.41, 5.74) is 0.364. The maximum Gasteiger partial charge on any atom is 0.228 e. The fraction of sp³-hybridized carbons (Fsp3) is 0.923. The molecule has 1 aliphatic heterocycles. The first-order chi connectivity index (χ1) is 6.87. The van der Waals surface area contributed by atoms with Gasteiger partial charge in [-0.3, -0.25) is 4.79 Å². The fourth-order valence-corrected chi connectivity index (χ4v) is 2.41. The summed E-state index contributed by atoms with van der Waals surface area (Å²) in [5.74, 6) is 1.08. The van der Waals surface area contributed by atoms with Crippen LogP contribution in [-0.2, 0) is 4.79 Å². The number of hydrogen-bond acceptors (Lipinski definition) is 1. The first kappa shape index (κ1) is 11.0. The first-order valence-electron chi connectivity index (χ1n) is 6.17. The molecule has 2 fully saturated rings. The quantitative estimate of drug-likeness (QED) is 0.684. The Labute approximate surface area is 93.0 Å². The molecule has 2 aliphatic rings. The summed E-state index contributed by atoms with van der Waals surface area (Å²) < 4.78 is 0. The van der Waals surface area contributed by atoms with Gasteiger partial charge in [-0.05, 0) is 30.6 Å². The van der Waals surface area contributed by atoms with Gasteiger partial charge >= 0.3 is 0 Å². The van der Waals surface area contributed by atoms with E-state index < -0.39 is 0 Å². The van der Waals surface area contributed by atoms with E-state index in [2.05, 4.69) is 32.6 Å². The lowest BCUT2D eigenvalue weighted by atomic mass is 9.78. The van der Waals surface area contributed by atoms with E-state index in [-0.39, 0.29) is 5.41 Å². The minimum Gasteiger partial charge on any atom is -0.342 e. The molecule has 1 aliphatic carbocycles. The Kier molecular flexibility index (Phi) is 2.36. The van der Waals surface area contributed by atoms with Crippen molar-refractivity contribution in [2.75, 3.05) is 13.1 Å². The van der Waals surface area contributed by atoms with E-state index in [9.17, 15) is 4.79 Å². The summed E-state index contributed by atoms with van der Waals surface area (Å²) in [6.45, 7) is 10.9. The zero-order valence-corrected chi connectivity index (χ0v) is 10.5. The largest absolute Gasteiger partial charge is 0.342 e. The molecule has 0 radical (unpaired) electrons. The Morgan fingerprint density at radius 1 is 1.20 bits per heavy atom. The second-order valence-electron chi connectivity index (χ2n) is 6.35. The number of carbonyl (C=O) groups excluding carboxylic acids is 1. The molecule has 2 rings (SSSR count). The number of likely N-dealkylation sites (tertiary alicyclic amines) is 1. The van der Waals surface area contributed by atoms with Crippen molar-refractivity contribution in [2.45, 2.75) is 47.0 Å². The van der Waals surface area contributed by atoms with Crippen molar-refractivity contribution in [2.24, 2.45) is 16.7 Å². The first-order valence-corrected chi connectivity index (χ1v) is 6.17. The fourth-order valence-electron chi connectivity index (χ4n) is 2.41. The van der Waals surface area contributed by atoms with Crippen molar-refractivity contribution >= 4 is 5.91 Å². The Balaban J connectivity index is 2.01. The van der Waals surface area contributed by atoms with Crippen LogP contribution < -0.4 is 0 Å². The van der Waals surface area contributed by atoms with E-state index in [1.54, 1.807) is 0 Å². The highest BCUT2D eigenvalue weighted by Crippen LogP contribution is 2.48. The molecule has 1 saturated carbocycles. The Morgan fingerprint density at radius 3 is 2.20 bits per heavy atom. The number of amides is 1. The average Bonchev–Trinajstić information content (AvgIpc) is 2.77. The van der Waals surface area contributed by atoms with Gasteiger partial charge in [0.15, 0.2) is 0 Å². The zero-order chi connectivity index (χ0) is 11.3. The van der Waals surface area contributed by atoms with E-state index in [4.69, 9.17) is 0 Å². The highest BCUT2D eigenvalue weighted by atomic mass is 16.2. The zero-order valence-electron chi connectivity index (χ0n) is 10.5. The second-order valence-corrected chi connectivity index (χ2v) is 6.35. The molecule has 0 bridgehead atoms. The van der Waals surface area contributed by atoms with Crippen molar-refractivity contribution in [1.29, 1.82) is 0 Å². The monoisotopic (exact) mass is 209 g/mol. The smallest absolute Gasteiger partial charge is 0.228 e. The van der Waals surface area contributed by atoms with Crippen LogP contribution in [0.5, 0.6) is 0 Å². The molecule has 1 heterocycles. The Hall–Kier alpha value is -0.530. The predicted octanol–water partition coefficient (Wildman–Crippen LogP) is 2.68. The van der Waals surface area contributed by atoms with Gasteiger partial charge in [0.25, 0.3) is 0 Å².